The summed E-state index contributed by atoms with van der Waals surface area (Å²) in [7, 11) is 0. The van der Waals surface area contributed by atoms with Crippen LogP contribution >= 0.6 is 0 Å². The first kappa shape index (κ1) is 21.8. The van der Waals surface area contributed by atoms with Crippen LogP contribution in [0.1, 0.15) is 67.8 Å². The number of carbonyl (C=O) groups is 2. The quantitative estimate of drug-likeness (QED) is 0.619. The smallest absolute Gasteiger partial charge is 0.314 e. The van der Waals surface area contributed by atoms with Gasteiger partial charge in [0, 0.05) is 19.2 Å². The summed E-state index contributed by atoms with van der Waals surface area (Å²) in [6.45, 7) is 7.01. The Morgan fingerprint density at radius 1 is 1.30 bits per heavy atom. The lowest BCUT2D eigenvalue weighted by Gasteiger charge is -2.40. The van der Waals surface area contributed by atoms with E-state index in [1.807, 2.05) is 56.3 Å². The van der Waals surface area contributed by atoms with Crippen LogP contribution in [-0.2, 0) is 9.53 Å². The van der Waals surface area contributed by atoms with Gasteiger partial charge in [0.15, 0.2) is 0 Å². The van der Waals surface area contributed by atoms with Gasteiger partial charge in [-0.1, -0.05) is 61.5 Å². The van der Waals surface area contributed by atoms with Gasteiger partial charge in [-0.3, -0.25) is 9.59 Å². The number of benzene rings is 1. The molecule has 1 fully saturated rings. The van der Waals surface area contributed by atoms with Gasteiger partial charge in [0.2, 0.25) is 5.76 Å². The Hall–Kier alpha value is -2.89. The van der Waals surface area contributed by atoms with Gasteiger partial charge in [-0.25, -0.2) is 0 Å². The van der Waals surface area contributed by atoms with Crippen molar-refractivity contribution in [3.05, 3.63) is 59.5 Å². The van der Waals surface area contributed by atoms with Crippen LogP contribution in [0, 0.1) is 5.41 Å². The summed E-state index contributed by atoms with van der Waals surface area (Å²) >= 11 is 0. The predicted molar refractivity (Wildman–Crippen MR) is 115 cm³/mol. The fourth-order valence-electron chi connectivity index (χ4n) is 3.81. The molecule has 1 atom stereocenters. The highest BCUT2D eigenvalue weighted by Crippen LogP contribution is 2.36. The van der Waals surface area contributed by atoms with Crippen molar-refractivity contribution in [3.63, 3.8) is 0 Å². The van der Waals surface area contributed by atoms with Crippen LogP contribution < -0.4 is 0 Å². The number of piperidine rings is 1. The fraction of sp³-hybridized carbons (Fsp3) is 0.458. The van der Waals surface area contributed by atoms with Crippen molar-refractivity contribution in [2.75, 3.05) is 19.7 Å². The molecule has 30 heavy (non-hydrogen) atoms. The normalized spacial score (nSPS) is 19.4. The van der Waals surface area contributed by atoms with E-state index in [0.717, 1.165) is 17.7 Å². The molecule has 0 radical (unpaired) electrons. The molecular formula is C24H30N2O4. The van der Waals surface area contributed by atoms with Gasteiger partial charge >= 0.3 is 5.97 Å². The van der Waals surface area contributed by atoms with Crippen molar-refractivity contribution in [1.82, 2.24) is 10.1 Å². The lowest BCUT2D eigenvalue weighted by Crippen LogP contribution is -2.50. The summed E-state index contributed by atoms with van der Waals surface area (Å²) in [5.74, 6) is -0.0768. The standard InChI is InChI=1S/C24H30N2O4/c1-4-29-23(28)24(13-8-12-19-10-6-5-7-11-19)14-9-15-26(17-24)22(27)21-16-20(18(2)3)25-30-21/h5-8,10-12,16,18H,4,9,13-15,17H2,1-3H3/b12-8+. The van der Waals surface area contributed by atoms with Crippen LogP contribution in [0.3, 0.4) is 0 Å². The van der Waals surface area contributed by atoms with E-state index in [1.165, 1.54) is 0 Å². The minimum Gasteiger partial charge on any atom is -0.466 e. The number of carbonyl (C=O) groups excluding carboxylic acids is 2. The molecule has 0 spiro atoms. The zero-order valence-corrected chi connectivity index (χ0v) is 18.0. The van der Waals surface area contributed by atoms with Crippen LogP contribution in [0.5, 0.6) is 0 Å². The van der Waals surface area contributed by atoms with Gasteiger partial charge in [-0.2, -0.15) is 0 Å². The van der Waals surface area contributed by atoms with Crippen molar-refractivity contribution in [2.45, 2.75) is 46.0 Å². The van der Waals surface area contributed by atoms with Gasteiger partial charge in [0.25, 0.3) is 5.91 Å². The first-order chi connectivity index (χ1) is 14.4. The lowest BCUT2D eigenvalue weighted by molar-refractivity contribution is -0.158. The van der Waals surface area contributed by atoms with Crippen molar-refractivity contribution in [3.8, 4) is 0 Å². The number of aromatic nitrogens is 1. The Kier molecular flexibility index (Phi) is 7.08. The molecule has 1 aromatic heterocycles. The van der Waals surface area contributed by atoms with Gasteiger partial charge < -0.3 is 14.2 Å². The largest absolute Gasteiger partial charge is 0.466 e. The minimum atomic E-state index is -0.754. The van der Waals surface area contributed by atoms with Gasteiger partial charge in [-0.15, -0.1) is 0 Å². The molecule has 1 aromatic carbocycles. The van der Waals surface area contributed by atoms with Crippen LogP contribution in [0.2, 0.25) is 0 Å². The summed E-state index contributed by atoms with van der Waals surface area (Å²) in [4.78, 5) is 27.6. The summed E-state index contributed by atoms with van der Waals surface area (Å²) in [5, 5.41) is 3.99. The molecule has 0 aliphatic carbocycles. The predicted octanol–water partition coefficient (Wildman–Crippen LogP) is 4.69. The number of rotatable bonds is 7. The van der Waals surface area contributed by atoms with E-state index >= 15 is 0 Å². The number of esters is 1. The molecule has 6 heteroatoms. The summed E-state index contributed by atoms with van der Waals surface area (Å²) in [6, 6.07) is 11.6. The maximum absolute atomic E-state index is 13.0. The number of allylic oxidation sites excluding steroid dienone is 1. The molecule has 160 valence electrons. The third kappa shape index (κ3) is 4.99. The number of hydrogen-bond donors (Lipinski definition) is 0. The number of amides is 1. The van der Waals surface area contributed by atoms with E-state index in [1.54, 1.807) is 17.9 Å². The molecule has 0 saturated carbocycles. The number of ether oxygens (including phenoxy) is 1. The van der Waals surface area contributed by atoms with Gasteiger partial charge in [0.05, 0.1) is 17.7 Å². The molecule has 1 saturated heterocycles. The Labute approximate surface area is 177 Å². The SMILES string of the molecule is CCOC(=O)C1(C/C=C/c2ccccc2)CCCN(C(=O)c2cc(C(C)C)no2)C1. The van der Waals surface area contributed by atoms with Crippen LogP contribution in [0.15, 0.2) is 47.0 Å². The van der Waals surface area contributed by atoms with Crippen LogP contribution in [0.4, 0.5) is 0 Å². The van der Waals surface area contributed by atoms with E-state index in [2.05, 4.69) is 5.16 Å². The van der Waals surface area contributed by atoms with Crippen molar-refractivity contribution < 1.29 is 18.8 Å². The first-order valence-electron chi connectivity index (χ1n) is 10.6. The molecule has 1 unspecified atom stereocenters. The molecule has 0 bridgehead atoms. The molecule has 6 nitrogen and oxygen atoms in total. The van der Waals surface area contributed by atoms with E-state index < -0.39 is 5.41 Å². The molecule has 2 aromatic rings. The van der Waals surface area contributed by atoms with Crippen molar-refractivity contribution >= 4 is 18.0 Å². The van der Waals surface area contributed by atoms with Gasteiger partial charge in [0.1, 0.15) is 0 Å². The molecular weight excluding hydrogens is 380 g/mol. The Bertz CT molecular complexity index is 888. The molecule has 1 amide bonds. The second-order valence-electron chi connectivity index (χ2n) is 8.12. The second kappa shape index (κ2) is 9.74. The van der Waals surface area contributed by atoms with Crippen LogP contribution in [-0.4, -0.2) is 41.6 Å². The molecule has 1 aliphatic rings. The zero-order chi connectivity index (χ0) is 21.6. The number of nitrogens with zero attached hydrogens (tertiary/aromatic N) is 2. The second-order valence-corrected chi connectivity index (χ2v) is 8.12. The van der Waals surface area contributed by atoms with E-state index in [4.69, 9.17) is 9.26 Å². The molecule has 2 heterocycles. The van der Waals surface area contributed by atoms with E-state index in [0.29, 0.717) is 32.5 Å². The average Bonchev–Trinajstić information content (AvgIpc) is 3.25. The third-order valence-electron chi connectivity index (χ3n) is 5.52. The Balaban J connectivity index is 1.78. The minimum absolute atomic E-state index is 0.179. The monoisotopic (exact) mass is 410 g/mol. The highest BCUT2D eigenvalue weighted by Gasteiger charge is 2.44. The first-order valence-corrected chi connectivity index (χ1v) is 10.6. The maximum atomic E-state index is 13.0. The fourth-order valence-corrected chi connectivity index (χ4v) is 3.81. The van der Waals surface area contributed by atoms with E-state index in [-0.39, 0.29) is 23.6 Å². The number of hydrogen-bond acceptors (Lipinski definition) is 5. The topological polar surface area (TPSA) is 72.6 Å². The van der Waals surface area contributed by atoms with Crippen LogP contribution in [0.25, 0.3) is 6.08 Å². The molecule has 3 rings (SSSR count). The molecule has 0 N–H and O–H groups in total. The Morgan fingerprint density at radius 3 is 2.73 bits per heavy atom. The lowest BCUT2D eigenvalue weighted by atomic mass is 9.76. The third-order valence-corrected chi connectivity index (χ3v) is 5.52. The average molecular weight is 411 g/mol. The van der Waals surface area contributed by atoms with Crippen molar-refractivity contribution in [2.24, 2.45) is 5.41 Å². The van der Waals surface area contributed by atoms with Gasteiger partial charge in [-0.05, 0) is 37.7 Å². The zero-order valence-electron chi connectivity index (χ0n) is 18.0. The summed E-state index contributed by atoms with van der Waals surface area (Å²) in [6.07, 6.45) is 5.94. The maximum Gasteiger partial charge on any atom is 0.314 e. The summed E-state index contributed by atoms with van der Waals surface area (Å²) < 4.78 is 10.7. The van der Waals surface area contributed by atoms with Crippen molar-refractivity contribution in [1.29, 1.82) is 0 Å². The van der Waals surface area contributed by atoms with E-state index in [9.17, 15) is 9.59 Å². The Morgan fingerprint density at radius 2 is 2.07 bits per heavy atom. The highest BCUT2D eigenvalue weighted by atomic mass is 16.5. The summed E-state index contributed by atoms with van der Waals surface area (Å²) in [5.41, 5.74) is 1.07. The molecule has 1 aliphatic heterocycles. The number of likely N-dealkylation sites (tertiary alicyclic amines) is 1. The highest BCUT2D eigenvalue weighted by molar-refractivity contribution is 5.92.